The van der Waals surface area contributed by atoms with Crippen LogP contribution in [0.15, 0.2) is 48.7 Å². The molecular formula is C15H11NO4. The van der Waals surface area contributed by atoms with Crippen LogP contribution in [0.4, 0.5) is 0 Å². The monoisotopic (exact) mass is 269 g/mol. The van der Waals surface area contributed by atoms with E-state index < -0.39 is 17.4 Å². The van der Waals surface area contributed by atoms with Gasteiger partial charge in [-0.2, -0.15) is 0 Å². The van der Waals surface area contributed by atoms with Crippen LogP contribution in [0.5, 0.6) is 5.75 Å². The lowest BCUT2D eigenvalue weighted by Gasteiger charge is -2.31. The molecule has 1 unspecified atom stereocenters. The Labute approximate surface area is 114 Å². The lowest BCUT2D eigenvalue weighted by molar-refractivity contribution is -0.157. The summed E-state index contributed by atoms with van der Waals surface area (Å²) in [5.74, 6) is -1.65. The molecule has 0 amide bonds. The Hall–Kier alpha value is -2.69. The molecule has 0 aliphatic carbocycles. The molecule has 2 aromatic rings. The third-order valence-corrected chi connectivity index (χ3v) is 3.45. The van der Waals surface area contributed by atoms with Crippen molar-refractivity contribution in [2.75, 3.05) is 0 Å². The summed E-state index contributed by atoms with van der Waals surface area (Å²) < 4.78 is 5.20. The Balaban J connectivity index is 2.18. The van der Waals surface area contributed by atoms with Gasteiger partial charge in [-0.15, -0.1) is 0 Å². The van der Waals surface area contributed by atoms with Crippen LogP contribution in [0.2, 0.25) is 0 Å². The van der Waals surface area contributed by atoms with Crippen molar-refractivity contribution in [3.63, 3.8) is 0 Å². The van der Waals surface area contributed by atoms with Gasteiger partial charge in [0.15, 0.2) is 0 Å². The topological polar surface area (TPSA) is 76.5 Å². The number of carbonyl (C=O) groups excluding carboxylic acids is 1. The van der Waals surface area contributed by atoms with Crippen LogP contribution in [0.1, 0.15) is 11.3 Å². The van der Waals surface area contributed by atoms with Gasteiger partial charge in [-0.3, -0.25) is 9.78 Å². The number of hydrogen-bond donors (Lipinski definition) is 1. The van der Waals surface area contributed by atoms with Crippen molar-refractivity contribution in [3.05, 3.63) is 59.9 Å². The van der Waals surface area contributed by atoms with Gasteiger partial charge in [0, 0.05) is 12.6 Å². The second-order valence-corrected chi connectivity index (χ2v) is 4.60. The Bertz CT molecular complexity index is 683. The minimum atomic E-state index is -1.78. The molecule has 1 aliphatic heterocycles. The number of pyridine rings is 1. The molecule has 1 aliphatic rings. The highest BCUT2D eigenvalue weighted by molar-refractivity contribution is 6.07. The van der Waals surface area contributed by atoms with E-state index in [4.69, 9.17) is 4.74 Å². The summed E-state index contributed by atoms with van der Waals surface area (Å²) in [4.78, 5) is 28.1. The van der Waals surface area contributed by atoms with Crippen molar-refractivity contribution in [2.24, 2.45) is 0 Å². The second-order valence-electron chi connectivity index (χ2n) is 4.60. The summed E-state index contributed by atoms with van der Waals surface area (Å²) in [6.45, 7) is 0. The zero-order valence-electron chi connectivity index (χ0n) is 10.4. The van der Waals surface area contributed by atoms with E-state index in [0.29, 0.717) is 11.3 Å². The average molecular weight is 269 g/mol. The molecule has 1 aromatic heterocycles. The summed E-state index contributed by atoms with van der Waals surface area (Å²) in [5.41, 5.74) is -0.914. The Morgan fingerprint density at radius 3 is 2.65 bits per heavy atom. The number of fused-ring (bicyclic) bond motifs is 1. The molecule has 1 aromatic carbocycles. The largest absolute Gasteiger partial charge is 0.480 e. The number of esters is 1. The smallest absolute Gasteiger partial charge is 0.335 e. The molecule has 1 N–H and O–H groups in total. The fourth-order valence-electron chi connectivity index (χ4n) is 2.38. The predicted molar refractivity (Wildman–Crippen MR) is 69.3 cm³/mol. The highest BCUT2D eigenvalue weighted by Gasteiger charge is 2.53. The van der Waals surface area contributed by atoms with Crippen LogP contribution in [0.25, 0.3) is 0 Å². The third kappa shape index (κ3) is 1.67. The van der Waals surface area contributed by atoms with Gasteiger partial charge in [-0.05, 0) is 23.8 Å². The first-order valence-corrected chi connectivity index (χ1v) is 6.10. The SMILES string of the molecule is O=C(O)C1(c2ccccn2)Cc2ccccc2OC1=O. The normalized spacial score (nSPS) is 20.9. The minimum absolute atomic E-state index is 0.0361. The Morgan fingerprint density at radius 2 is 1.95 bits per heavy atom. The minimum Gasteiger partial charge on any atom is -0.480 e. The first-order valence-electron chi connectivity index (χ1n) is 6.10. The van der Waals surface area contributed by atoms with E-state index in [0.717, 1.165) is 0 Å². The molecular weight excluding hydrogens is 258 g/mol. The van der Waals surface area contributed by atoms with E-state index >= 15 is 0 Å². The van der Waals surface area contributed by atoms with Gasteiger partial charge in [0.1, 0.15) is 5.75 Å². The molecule has 0 saturated carbocycles. The first-order chi connectivity index (χ1) is 9.64. The van der Waals surface area contributed by atoms with E-state index in [1.807, 2.05) is 0 Å². The number of benzene rings is 1. The molecule has 0 fully saturated rings. The van der Waals surface area contributed by atoms with Crippen molar-refractivity contribution < 1.29 is 19.4 Å². The van der Waals surface area contributed by atoms with Crippen LogP contribution >= 0.6 is 0 Å². The summed E-state index contributed by atoms with van der Waals surface area (Å²) in [6, 6.07) is 11.8. The van der Waals surface area contributed by atoms with E-state index in [1.165, 1.54) is 12.3 Å². The number of rotatable bonds is 2. The van der Waals surface area contributed by atoms with Crippen LogP contribution < -0.4 is 4.74 Å². The predicted octanol–water partition coefficient (Wildman–Crippen LogP) is 1.57. The molecule has 20 heavy (non-hydrogen) atoms. The summed E-state index contributed by atoms with van der Waals surface area (Å²) in [7, 11) is 0. The van der Waals surface area contributed by atoms with E-state index in [9.17, 15) is 14.7 Å². The number of carbonyl (C=O) groups is 2. The fraction of sp³-hybridized carbons (Fsp3) is 0.133. The van der Waals surface area contributed by atoms with Gasteiger partial charge in [0.05, 0.1) is 5.69 Å². The van der Waals surface area contributed by atoms with Gasteiger partial charge in [0.2, 0.25) is 5.41 Å². The number of carboxylic acids is 1. The van der Waals surface area contributed by atoms with Gasteiger partial charge in [0.25, 0.3) is 0 Å². The maximum Gasteiger partial charge on any atom is 0.335 e. The third-order valence-electron chi connectivity index (χ3n) is 3.45. The number of nitrogens with zero attached hydrogens (tertiary/aromatic N) is 1. The highest BCUT2D eigenvalue weighted by atomic mass is 16.5. The number of para-hydroxylation sites is 1. The van der Waals surface area contributed by atoms with Gasteiger partial charge in [-0.1, -0.05) is 24.3 Å². The van der Waals surface area contributed by atoms with Crippen molar-refractivity contribution in [3.8, 4) is 5.75 Å². The lowest BCUT2D eigenvalue weighted by atomic mass is 9.76. The molecule has 0 radical (unpaired) electrons. The van der Waals surface area contributed by atoms with Crippen LogP contribution in [-0.4, -0.2) is 22.0 Å². The Kier molecular flexibility index (Phi) is 2.75. The number of aliphatic carboxylic acids is 1. The van der Waals surface area contributed by atoms with E-state index in [1.54, 1.807) is 36.4 Å². The standard InChI is InChI=1S/C15H11NO4/c17-13(18)15(12-7-3-4-8-16-12)9-10-5-1-2-6-11(10)20-14(15)19/h1-8H,9H2,(H,17,18). The number of hydrogen-bond acceptors (Lipinski definition) is 4. The molecule has 0 saturated heterocycles. The van der Waals surface area contributed by atoms with Crippen molar-refractivity contribution in [1.29, 1.82) is 0 Å². The number of aromatic nitrogens is 1. The molecule has 100 valence electrons. The van der Waals surface area contributed by atoms with Crippen LogP contribution in [0.3, 0.4) is 0 Å². The fourth-order valence-corrected chi connectivity index (χ4v) is 2.38. The zero-order chi connectivity index (χ0) is 14.2. The molecule has 0 spiro atoms. The number of carboxylic acid groups (broad SMARTS) is 1. The molecule has 1 atom stereocenters. The van der Waals surface area contributed by atoms with Crippen molar-refractivity contribution in [1.82, 2.24) is 4.98 Å². The van der Waals surface area contributed by atoms with Gasteiger partial charge < -0.3 is 9.84 Å². The summed E-state index contributed by atoms with van der Waals surface area (Å²) in [5, 5.41) is 9.60. The molecule has 2 heterocycles. The van der Waals surface area contributed by atoms with Crippen LogP contribution in [-0.2, 0) is 21.4 Å². The quantitative estimate of drug-likeness (QED) is 0.508. The van der Waals surface area contributed by atoms with Gasteiger partial charge in [-0.25, -0.2) is 4.79 Å². The second kappa shape index (κ2) is 4.45. The summed E-state index contributed by atoms with van der Waals surface area (Å²) >= 11 is 0. The maximum absolute atomic E-state index is 12.3. The average Bonchev–Trinajstić information content (AvgIpc) is 2.47. The molecule has 5 nitrogen and oxygen atoms in total. The van der Waals surface area contributed by atoms with Crippen molar-refractivity contribution in [2.45, 2.75) is 11.8 Å². The molecule has 5 heteroatoms. The molecule has 3 rings (SSSR count). The molecule has 0 bridgehead atoms. The van der Waals surface area contributed by atoms with Gasteiger partial charge >= 0.3 is 11.9 Å². The van der Waals surface area contributed by atoms with Crippen molar-refractivity contribution >= 4 is 11.9 Å². The van der Waals surface area contributed by atoms with E-state index in [-0.39, 0.29) is 12.1 Å². The van der Waals surface area contributed by atoms with E-state index in [2.05, 4.69) is 4.98 Å². The lowest BCUT2D eigenvalue weighted by Crippen LogP contribution is -2.51. The maximum atomic E-state index is 12.3. The first kappa shape index (κ1) is 12.3. The summed E-state index contributed by atoms with van der Waals surface area (Å²) in [6.07, 6.45) is 1.50. The zero-order valence-corrected chi connectivity index (χ0v) is 10.4. The van der Waals surface area contributed by atoms with Crippen LogP contribution in [0, 0.1) is 0 Å². The highest BCUT2D eigenvalue weighted by Crippen LogP contribution is 2.37. The Morgan fingerprint density at radius 1 is 1.20 bits per heavy atom. The number of ether oxygens (including phenoxy) is 1.